The van der Waals surface area contributed by atoms with Crippen molar-refractivity contribution >= 4 is 17.3 Å². The van der Waals surface area contributed by atoms with Crippen molar-refractivity contribution in [1.82, 2.24) is 0 Å². The van der Waals surface area contributed by atoms with Crippen LogP contribution in [0.4, 0.5) is 15.8 Å². The van der Waals surface area contributed by atoms with E-state index in [9.17, 15) is 14.3 Å². The average Bonchev–Trinajstić information content (AvgIpc) is 2.35. The predicted molar refractivity (Wildman–Crippen MR) is 71.6 cm³/mol. The second kappa shape index (κ2) is 4.97. The maximum Gasteiger partial charge on any atom is 0.257 e. The third-order valence-electron chi connectivity index (χ3n) is 2.72. The van der Waals surface area contributed by atoms with E-state index in [0.717, 1.165) is 0 Å². The van der Waals surface area contributed by atoms with E-state index < -0.39 is 5.91 Å². The lowest BCUT2D eigenvalue weighted by Crippen LogP contribution is -2.14. The number of rotatable bonds is 2. The number of hydrogen-bond donors (Lipinski definition) is 3. The van der Waals surface area contributed by atoms with E-state index in [1.54, 1.807) is 6.92 Å². The molecule has 2 rings (SSSR count). The fraction of sp³-hybridized carbons (Fsp3) is 0.0714. The minimum Gasteiger partial charge on any atom is -0.508 e. The highest BCUT2D eigenvalue weighted by atomic mass is 19.1. The zero-order chi connectivity index (χ0) is 14.0. The molecule has 4 nitrogen and oxygen atoms in total. The van der Waals surface area contributed by atoms with Gasteiger partial charge in [-0.05, 0) is 48.9 Å². The summed E-state index contributed by atoms with van der Waals surface area (Å²) in [4.78, 5) is 12.0. The van der Waals surface area contributed by atoms with Crippen LogP contribution < -0.4 is 11.1 Å². The van der Waals surface area contributed by atoms with Crippen molar-refractivity contribution in [2.75, 3.05) is 11.1 Å². The van der Waals surface area contributed by atoms with E-state index in [4.69, 9.17) is 5.73 Å². The molecule has 0 spiro atoms. The second-order valence-corrected chi connectivity index (χ2v) is 4.18. The number of aryl methyl sites for hydroxylation is 1. The van der Waals surface area contributed by atoms with Crippen molar-refractivity contribution in [3.05, 3.63) is 53.3 Å². The number of phenolic OH excluding ortho intramolecular Hbond substituents is 1. The number of nitrogen functional groups attached to an aromatic ring is 1. The van der Waals surface area contributed by atoms with Gasteiger partial charge in [0.2, 0.25) is 0 Å². The molecule has 0 aliphatic rings. The minimum atomic E-state index is -0.455. The zero-order valence-electron chi connectivity index (χ0n) is 10.3. The van der Waals surface area contributed by atoms with Gasteiger partial charge < -0.3 is 16.2 Å². The van der Waals surface area contributed by atoms with Crippen LogP contribution in [0.1, 0.15) is 15.9 Å². The first-order valence-electron chi connectivity index (χ1n) is 5.63. The van der Waals surface area contributed by atoms with Crippen molar-refractivity contribution in [2.24, 2.45) is 0 Å². The highest BCUT2D eigenvalue weighted by molar-refractivity contribution is 6.08. The lowest BCUT2D eigenvalue weighted by atomic mass is 10.1. The molecule has 5 heteroatoms. The Bertz CT molecular complexity index is 641. The number of carbonyl (C=O) groups excluding carboxylic acids is 1. The number of nitrogens with two attached hydrogens (primary N) is 1. The fourth-order valence-corrected chi connectivity index (χ4v) is 1.70. The van der Waals surface area contributed by atoms with Crippen molar-refractivity contribution in [2.45, 2.75) is 6.92 Å². The Hall–Kier alpha value is -2.56. The van der Waals surface area contributed by atoms with Gasteiger partial charge in [-0.3, -0.25) is 4.79 Å². The normalized spacial score (nSPS) is 10.2. The summed E-state index contributed by atoms with van der Waals surface area (Å²) in [5, 5.41) is 12.0. The highest BCUT2D eigenvalue weighted by Crippen LogP contribution is 2.21. The van der Waals surface area contributed by atoms with Gasteiger partial charge in [-0.1, -0.05) is 0 Å². The van der Waals surface area contributed by atoms with Gasteiger partial charge in [-0.15, -0.1) is 0 Å². The fourth-order valence-electron chi connectivity index (χ4n) is 1.70. The quantitative estimate of drug-likeness (QED) is 0.574. The Morgan fingerprint density at radius 2 is 2.00 bits per heavy atom. The minimum absolute atomic E-state index is 0.0461. The van der Waals surface area contributed by atoms with Gasteiger partial charge in [-0.25, -0.2) is 4.39 Å². The molecule has 4 N–H and O–H groups in total. The molecule has 0 saturated carbocycles. The summed E-state index contributed by atoms with van der Waals surface area (Å²) in [6.07, 6.45) is 0. The summed E-state index contributed by atoms with van der Waals surface area (Å²) in [6.45, 7) is 1.69. The maximum absolute atomic E-state index is 13.0. The summed E-state index contributed by atoms with van der Waals surface area (Å²) in [5.41, 5.74) is 7.20. The molecule has 0 radical (unpaired) electrons. The molecular formula is C14H13FN2O2. The largest absolute Gasteiger partial charge is 0.508 e. The third-order valence-corrected chi connectivity index (χ3v) is 2.72. The third kappa shape index (κ3) is 2.82. The molecule has 19 heavy (non-hydrogen) atoms. The first kappa shape index (κ1) is 12.9. The van der Waals surface area contributed by atoms with Crippen LogP contribution in [0.3, 0.4) is 0 Å². The Labute approximate surface area is 109 Å². The Kier molecular flexibility index (Phi) is 3.37. The van der Waals surface area contributed by atoms with Gasteiger partial charge >= 0.3 is 0 Å². The summed E-state index contributed by atoms with van der Waals surface area (Å²) in [5.74, 6) is -0.870. The van der Waals surface area contributed by atoms with E-state index in [2.05, 4.69) is 5.32 Å². The Morgan fingerprint density at radius 1 is 1.26 bits per heavy atom. The zero-order valence-corrected chi connectivity index (χ0v) is 10.3. The maximum atomic E-state index is 13.0. The molecule has 0 atom stereocenters. The molecule has 98 valence electrons. The molecule has 0 saturated heterocycles. The summed E-state index contributed by atoms with van der Waals surface area (Å²) in [7, 11) is 0. The van der Waals surface area contributed by atoms with Gasteiger partial charge in [0.05, 0.1) is 5.56 Å². The molecule has 0 aliphatic carbocycles. The lowest BCUT2D eigenvalue weighted by Gasteiger charge is -2.10. The van der Waals surface area contributed by atoms with E-state index >= 15 is 0 Å². The van der Waals surface area contributed by atoms with Crippen molar-refractivity contribution in [3.63, 3.8) is 0 Å². The van der Waals surface area contributed by atoms with E-state index in [0.29, 0.717) is 11.3 Å². The number of benzene rings is 2. The first-order chi connectivity index (χ1) is 8.97. The van der Waals surface area contributed by atoms with E-state index in [-0.39, 0.29) is 22.8 Å². The number of hydrogen-bond acceptors (Lipinski definition) is 3. The summed E-state index contributed by atoms with van der Waals surface area (Å²) >= 11 is 0. The summed E-state index contributed by atoms with van der Waals surface area (Å²) in [6, 6.07) is 8.18. The van der Waals surface area contributed by atoms with Crippen LogP contribution in [0.2, 0.25) is 0 Å². The first-order valence-corrected chi connectivity index (χ1v) is 5.63. The second-order valence-electron chi connectivity index (χ2n) is 4.18. The summed E-state index contributed by atoms with van der Waals surface area (Å²) < 4.78 is 13.0. The molecule has 2 aromatic rings. The lowest BCUT2D eigenvalue weighted by molar-refractivity contribution is 0.102. The van der Waals surface area contributed by atoms with Gasteiger partial charge in [0.1, 0.15) is 11.6 Å². The smallest absolute Gasteiger partial charge is 0.257 e. The van der Waals surface area contributed by atoms with Gasteiger partial charge in [0, 0.05) is 11.4 Å². The molecular weight excluding hydrogens is 247 g/mol. The molecule has 1 amide bonds. The molecule has 0 fully saturated rings. The number of halogens is 1. The molecule has 0 heterocycles. The van der Waals surface area contributed by atoms with Crippen molar-refractivity contribution in [1.29, 1.82) is 0 Å². The van der Waals surface area contributed by atoms with Crippen LogP contribution in [0, 0.1) is 12.7 Å². The molecule has 2 aromatic carbocycles. The Morgan fingerprint density at radius 3 is 2.68 bits per heavy atom. The van der Waals surface area contributed by atoms with E-state index in [1.165, 1.54) is 36.4 Å². The number of aromatic hydroxyl groups is 1. The van der Waals surface area contributed by atoms with Crippen molar-refractivity contribution < 1.29 is 14.3 Å². The molecule has 0 unspecified atom stereocenters. The number of anilines is 2. The highest BCUT2D eigenvalue weighted by Gasteiger charge is 2.12. The van der Waals surface area contributed by atoms with Crippen LogP contribution in [-0.4, -0.2) is 11.0 Å². The standard InChI is InChI=1S/C14H13FN2O2/c1-8-6-9(15)2-5-13(8)17-14(19)11-7-10(18)3-4-12(11)16/h2-7,18H,16H2,1H3,(H,17,19). The SMILES string of the molecule is Cc1cc(F)ccc1NC(=O)c1cc(O)ccc1N. The Balaban J connectivity index is 2.28. The number of phenols is 1. The monoisotopic (exact) mass is 260 g/mol. The van der Waals surface area contributed by atoms with Gasteiger partial charge in [-0.2, -0.15) is 0 Å². The van der Waals surface area contributed by atoms with Crippen LogP contribution in [0.5, 0.6) is 5.75 Å². The van der Waals surface area contributed by atoms with E-state index in [1.807, 2.05) is 0 Å². The van der Waals surface area contributed by atoms with Crippen molar-refractivity contribution in [3.8, 4) is 5.75 Å². The predicted octanol–water partition coefficient (Wildman–Crippen LogP) is 2.67. The van der Waals surface area contributed by atoms with Crippen LogP contribution >= 0.6 is 0 Å². The molecule has 0 aromatic heterocycles. The number of carbonyl (C=O) groups is 1. The number of amides is 1. The van der Waals surface area contributed by atoms with Gasteiger partial charge in [0.25, 0.3) is 5.91 Å². The number of nitrogens with one attached hydrogen (secondary N) is 1. The van der Waals surface area contributed by atoms with Crippen LogP contribution in [-0.2, 0) is 0 Å². The van der Waals surface area contributed by atoms with Crippen LogP contribution in [0.15, 0.2) is 36.4 Å². The molecule has 0 aliphatic heterocycles. The molecule has 0 bridgehead atoms. The topological polar surface area (TPSA) is 75.3 Å². The van der Waals surface area contributed by atoms with Gasteiger partial charge in [0.15, 0.2) is 0 Å². The average molecular weight is 260 g/mol. The van der Waals surface area contributed by atoms with Crippen LogP contribution in [0.25, 0.3) is 0 Å².